The van der Waals surface area contributed by atoms with Crippen LogP contribution >= 0.6 is 23.4 Å². The number of halogens is 2. The first kappa shape index (κ1) is 16.3. The number of benzene rings is 2. The van der Waals surface area contributed by atoms with Crippen molar-refractivity contribution in [2.45, 2.75) is 36.1 Å². The fraction of sp³-hybridized carbons (Fsp3) is 0.294. The summed E-state index contributed by atoms with van der Waals surface area (Å²) >= 11 is 7.57. The van der Waals surface area contributed by atoms with Crippen LogP contribution in [0.1, 0.15) is 31.9 Å². The normalized spacial score (nSPS) is 12.4. The zero-order valence-corrected chi connectivity index (χ0v) is 13.8. The van der Waals surface area contributed by atoms with Crippen molar-refractivity contribution in [2.24, 2.45) is 0 Å². The summed E-state index contributed by atoms with van der Waals surface area (Å²) in [7, 11) is 0. The van der Waals surface area contributed by atoms with Crippen molar-refractivity contribution in [3.63, 3.8) is 0 Å². The minimum absolute atomic E-state index is 0.102. The number of nitrogens with one attached hydrogen (secondary N) is 1. The summed E-state index contributed by atoms with van der Waals surface area (Å²) in [5.74, 6) is -0.206. The van der Waals surface area contributed by atoms with E-state index in [2.05, 4.69) is 19.2 Å². The van der Waals surface area contributed by atoms with E-state index in [1.54, 1.807) is 6.07 Å². The molecule has 0 saturated heterocycles. The van der Waals surface area contributed by atoms with Gasteiger partial charge >= 0.3 is 0 Å². The highest BCUT2D eigenvalue weighted by molar-refractivity contribution is 7.99. The van der Waals surface area contributed by atoms with Crippen LogP contribution < -0.4 is 5.32 Å². The van der Waals surface area contributed by atoms with Crippen LogP contribution in [0.4, 0.5) is 4.39 Å². The van der Waals surface area contributed by atoms with E-state index < -0.39 is 0 Å². The lowest BCUT2D eigenvalue weighted by atomic mass is 10.1. The Morgan fingerprint density at radius 3 is 2.67 bits per heavy atom. The van der Waals surface area contributed by atoms with Gasteiger partial charge in [-0.25, -0.2) is 4.39 Å². The molecule has 0 amide bonds. The molecule has 2 aromatic rings. The highest BCUT2D eigenvalue weighted by Crippen LogP contribution is 2.38. The Labute approximate surface area is 134 Å². The van der Waals surface area contributed by atoms with Crippen molar-refractivity contribution in [2.75, 3.05) is 6.54 Å². The van der Waals surface area contributed by atoms with Gasteiger partial charge in [-0.3, -0.25) is 0 Å². The third kappa shape index (κ3) is 4.22. The Morgan fingerprint density at radius 2 is 1.95 bits per heavy atom. The summed E-state index contributed by atoms with van der Waals surface area (Å²) in [5.41, 5.74) is 0.966. The van der Waals surface area contributed by atoms with Crippen LogP contribution in [-0.2, 0) is 0 Å². The molecule has 0 aliphatic rings. The lowest BCUT2D eigenvalue weighted by molar-refractivity contribution is 0.543. The topological polar surface area (TPSA) is 12.0 Å². The second kappa shape index (κ2) is 7.83. The Balaban J connectivity index is 2.32. The zero-order chi connectivity index (χ0) is 15.2. The van der Waals surface area contributed by atoms with E-state index in [-0.39, 0.29) is 11.9 Å². The average Bonchev–Trinajstić information content (AvgIpc) is 2.49. The first-order valence-corrected chi connectivity index (χ1v) is 8.27. The highest BCUT2D eigenvalue weighted by Gasteiger charge is 2.16. The predicted molar refractivity (Wildman–Crippen MR) is 88.7 cm³/mol. The summed E-state index contributed by atoms with van der Waals surface area (Å²) in [6.45, 7) is 5.08. The lowest BCUT2D eigenvalue weighted by Crippen LogP contribution is -2.20. The van der Waals surface area contributed by atoms with E-state index in [4.69, 9.17) is 11.6 Å². The van der Waals surface area contributed by atoms with Crippen molar-refractivity contribution in [1.29, 1.82) is 0 Å². The highest BCUT2D eigenvalue weighted by atomic mass is 35.5. The fourth-order valence-corrected chi connectivity index (χ4v) is 3.39. The molecule has 0 fully saturated rings. The third-order valence-electron chi connectivity index (χ3n) is 3.21. The van der Waals surface area contributed by atoms with Gasteiger partial charge in [-0.05, 0) is 43.7 Å². The zero-order valence-electron chi connectivity index (χ0n) is 12.2. The molecule has 0 bridgehead atoms. The number of rotatable bonds is 6. The SMILES string of the molecule is CCCNC(C)c1cccc(F)c1Sc1ccccc1Cl. The Kier molecular flexibility index (Phi) is 6.09. The van der Waals surface area contributed by atoms with E-state index >= 15 is 0 Å². The molecule has 0 radical (unpaired) electrons. The summed E-state index contributed by atoms with van der Waals surface area (Å²) in [6.07, 6.45) is 1.05. The van der Waals surface area contributed by atoms with Crippen LogP contribution in [0.2, 0.25) is 5.02 Å². The van der Waals surface area contributed by atoms with Crippen molar-refractivity contribution >= 4 is 23.4 Å². The quantitative estimate of drug-likeness (QED) is 0.732. The van der Waals surface area contributed by atoms with Crippen molar-refractivity contribution < 1.29 is 4.39 Å². The van der Waals surface area contributed by atoms with E-state index in [9.17, 15) is 4.39 Å². The van der Waals surface area contributed by atoms with Gasteiger partial charge < -0.3 is 5.32 Å². The van der Waals surface area contributed by atoms with Gasteiger partial charge in [0, 0.05) is 10.9 Å². The Morgan fingerprint density at radius 1 is 1.19 bits per heavy atom. The molecule has 0 aliphatic carbocycles. The molecule has 0 spiro atoms. The number of hydrogen-bond acceptors (Lipinski definition) is 2. The molecular formula is C17H19ClFNS. The third-order valence-corrected chi connectivity index (χ3v) is 4.87. The molecular weight excluding hydrogens is 305 g/mol. The van der Waals surface area contributed by atoms with Crippen LogP contribution in [0, 0.1) is 5.82 Å². The predicted octanol–water partition coefficient (Wildman–Crippen LogP) is 5.69. The van der Waals surface area contributed by atoms with E-state index in [1.165, 1.54) is 17.8 Å². The first-order valence-electron chi connectivity index (χ1n) is 7.07. The van der Waals surface area contributed by atoms with Gasteiger partial charge in [-0.15, -0.1) is 0 Å². The molecule has 1 atom stereocenters. The van der Waals surface area contributed by atoms with Crippen LogP contribution in [0.5, 0.6) is 0 Å². The molecule has 2 rings (SSSR count). The summed E-state index contributed by atoms with van der Waals surface area (Å²) in [4.78, 5) is 1.51. The van der Waals surface area contributed by atoms with Gasteiger partial charge in [0.25, 0.3) is 0 Å². The minimum Gasteiger partial charge on any atom is -0.310 e. The smallest absolute Gasteiger partial charge is 0.137 e. The molecule has 21 heavy (non-hydrogen) atoms. The van der Waals surface area contributed by atoms with E-state index in [0.29, 0.717) is 9.92 Å². The van der Waals surface area contributed by atoms with Crippen molar-refractivity contribution in [3.8, 4) is 0 Å². The maximum Gasteiger partial charge on any atom is 0.137 e. The monoisotopic (exact) mass is 323 g/mol. The number of hydrogen-bond donors (Lipinski definition) is 1. The second-order valence-corrected chi connectivity index (χ2v) is 6.33. The average molecular weight is 324 g/mol. The fourth-order valence-electron chi connectivity index (χ4n) is 2.08. The molecule has 4 heteroatoms. The molecule has 0 heterocycles. The summed E-state index contributed by atoms with van der Waals surface area (Å²) in [5, 5.41) is 4.05. The van der Waals surface area contributed by atoms with E-state index in [1.807, 2.05) is 30.3 Å². The van der Waals surface area contributed by atoms with E-state index in [0.717, 1.165) is 23.4 Å². The van der Waals surface area contributed by atoms with Gasteiger partial charge in [0.1, 0.15) is 5.82 Å². The molecule has 0 saturated carbocycles. The van der Waals surface area contributed by atoms with Crippen LogP contribution in [0.25, 0.3) is 0 Å². The largest absolute Gasteiger partial charge is 0.310 e. The molecule has 1 unspecified atom stereocenters. The molecule has 0 aromatic heterocycles. The Hall–Kier alpha value is -1.03. The van der Waals surface area contributed by atoms with Crippen LogP contribution in [-0.4, -0.2) is 6.54 Å². The lowest BCUT2D eigenvalue weighted by Gasteiger charge is -2.18. The van der Waals surface area contributed by atoms with Crippen LogP contribution in [0.15, 0.2) is 52.3 Å². The summed E-state index contributed by atoms with van der Waals surface area (Å²) < 4.78 is 14.3. The molecule has 0 aliphatic heterocycles. The molecule has 1 nitrogen and oxygen atoms in total. The first-order chi connectivity index (χ1) is 10.1. The molecule has 2 aromatic carbocycles. The van der Waals surface area contributed by atoms with Crippen LogP contribution in [0.3, 0.4) is 0 Å². The standard InChI is InChI=1S/C17H19ClFNS/c1-3-11-20-12(2)13-7-6-9-15(19)17(13)21-16-10-5-4-8-14(16)18/h4-10,12,20H,3,11H2,1-2H3. The van der Waals surface area contributed by atoms with Gasteiger partial charge in [-0.1, -0.05) is 54.6 Å². The van der Waals surface area contributed by atoms with Crippen molar-refractivity contribution in [3.05, 3.63) is 58.9 Å². The minimum atomic E-state index is -0.206. The maximum atomic E-state index is 14.3. The van der Waals surface area contributed by atoms with Crippen molar-refractivity contribution in [1.82, 2.24) is 5.32 Å². The van der Waals surface area contributed by atoms with Gasteiger partial charge in [0.2, 0.25) is 0 Å². The molecule has 112 valence electrons. The van der Waals surface area contributed by atoms with Gasteiger partial charge in [0.15, 0.2) is 0 Å². The summed E-state index contributed by atoms with van der Waals surface area (Å²) in [6, 6.07) is 12.8. The molecule has 1 N–H and O–H groups in total. The maximum absolute atomic E-state index is 14.3. The van der Waals surface area contributed by atoms with Gasteiger partial charge in [0.05, 0.1) is 9.92 Å². The second-order valence-electron chi connectivity index (χ2n) is 4.87. The van der Waals surface area contributed by atoms with Gasteiger partial charge in [-0.2, -0.15) is 0 Å². The Bertz CT molecular complexity index is 603.